The van der Waals surface area contributed by atoms with Crippen LogP contribution in [0.5, 0.6) is 5.75 Å². The summed E-state index contributed by atoms with van der Waals surface area (Å²) in [5, 5.41) is 0.639. The van der Waals surface area contributed by atoms with Crippen LogP contribution in [-0.2, 0) is 4.79 Å². The van der Waals surface area contributed by atoms with Crippen LogP contribution in [0.3, 0.4) is 0 Å². The van der Waals surface area contributed by atoms with Crippen molar-refractivity contribution in [2.24, 2.45) is 4.99 Å². The van der Waals surface area contributed by atoms with E-state index in [-0.39, 0.29) is 5.91 Å². The summed E-state index contributed by atoms with van der Waals surface area (Å²) < 4.78 is 5.27. The van der Waals surface area contributed by atoms with Crippen LogP contribution >= 0.6 is 11.8 Å². The van der Waals surface area contributed by atoms with Gasteiger partial charge in [0.1, 0.15) is 11.4 Å². The van der Waals surface area contributed by atoms with Crippen LogP contribution in [0.25, 0.3) is 6.08 Å². The summed E-state index contributed by atoms with van der Waals surface area (Å²) in [6, 6.07) is 17.1. The number of ether oxygens (including phenoxy) is 1. The third-order valence-corrected chi connectivity index (χ3v) is 4.51. The molecule has 0 atom stereocenters. The average Bonchev–Trinajstić information content (AvgIpc) is 2.96. The Morgan fingerprint density at radius 1 is 1.20 bits per heavy atom. The van der Waals surface area contributed by atoms with E-state index in [0.29, 0.717) is 22.4 Å². The molecule has 2 aromatic rings. The van der Waals surface area contributed by atoms with Crippen molar-refractivity contribution in [2.75, 3.05) is 17.8 Å². The number of rotatable bonds is 5. The molecule has 1 heterocycles. The first-order valence-electron chi connectivity index (χ1n) is 7.80. The zero-order valence-corrected chi connectivity index (χ0v) is 14.7. The zero-order chi connectivity index (χ0) is 17.6. The highest BCUT2D eigenvalue weighted by molar-refractivity contribution is 8.14. The van der Waals surface area contributed by atoms with Gasteiger partial charge in [0.25, 0.3) is 5.91 Å². The lowest BCUT2D eigenvalue weighted by atomic mass is 10.2. The van der Waals surface area contributed by atoms with Crippen molar-refractivity contribution in [3.05, 3.63) is 78.5 Å². The summed E-state index contributed by atoms with van der Waals surface area (Å²) in [6.45, 7) is 3.74. The van der Waals surface area contributed by atoms with E-state index in [4.69, 9.17) is 4.74 Å². The van der Waals surface area contributed by atoms with Gasteiger partial charge in [-0.3, -0.25) is 9.69 Å². The number of thioether (sulfide) groups is 1. The Morgan fingerprint density at radius 3 is 2.72 bits per heavy atom. The molecule has 0 unspecified atom stereocenters. The normalized spacial score (nSPS) is 15.4. The number of benzene rings is 2. The summed E-state index contributed by atoms with van der Waals surface area (Å²) in [4.78, 5) is 19.1. The Labute approximate surface area is 151 Å². The Hall–Kier alpha value is -2.79. The second-order valence-corrected chi connectivity index (χ2v) is 6.26. The number of nitrogens with zero attached hydrogens (tertiary/aromatic N) is 2. The lowest BCUT2D eigenvalue weighted by molar-refractivity contribution is -0.113. The highest BCUT2D eigenvalue weighted by atomic mass is 32.2. The number of aliphatic imine (C=N–C) groups is 1. The van der Waals surface area contributed by atoms with E-state index in [2.05, 4.69) is 11.6 Å². The standard InChI is InChI=1S/C20H18N2O2S/c1-3-12-25-20-21-18(13-15-8-5-4-6-9-15)19(23)22(20)16-10-7-11-17(14-16)24-2/h3-11,13-14H,1,12H2,2H3. The van der Waals surface area contributed by atoms with Crippen LogP contribution in [0.2, 0.25) is 0 Å². The van der Waals surface area contributed by atoms with Gasteiger partial charge in [-0.05, 0) is 23.8 Å². The summed E-state index contributed by atoms with van der Waals surface area (Å²) in [5.41, 5.74) is 2.09. The molecule has 0 radical (unpaired) electrons. The zero-order valence-electron chi connectivity index (χ0n) is 13.9. The maximum absolute atomic E-state index is 12.9. The van der Waals surface area contributed by atoms with Crippen molar-refractivity contribution in [3.8, 4) is 5.75 Å². The lowest BCUT2D eigenvalue weighted by Gasteiger charge is -2.18. The maximum Gasteiger partial charge on any atom is 0.283 e. The van der Waals surface area contributed by atoms with Crippen molar-refractivity contribution in [2.45, 2.75) is 0 Å². The quantitative estimate of drug-likeness (QED) is 0.594. The lowest BCUT2D eigenvalue weighted by Crippen LogP contribution is -2.30. The fraction of sp³-hybridized carbons (Fsp3) is 0.100. The van der Waals surface area contributed by atoms with Gasteiger partial charge in [0.15, 0.2) is 5.17 Å². The SMILES string of the molecule is C=CCSC1=NC(=Cc2ccccc2)C(=O)N1c1cccc(OC)c1. The van der Waals surface area contributed by atoms with Gasteiger partial charge in [-0.25, -0.2) is 4.99 Å². The molecular weight excluding hydrogens is 332 g/mol. The van der Waals surface area contributed by atoms with Crippen LogP contribution in [0.15, 0.2) is 77.9 Å². The molecule has 1 amide bonds. The van der Waals surface area contributed by atoms with Crippen LogP contribution in [0, 0.1) is 0 Å². The van der Waals surface area contributed by atoms with E-state index >= 15 is 0 Å². The van der Waals surface area contributed by atoms with Crippen LogP contribution in [-0.4, -0.2) is 23.9 Å². The predicted molar refractivity (Wildman–Crippen MR) is 105 cm³/mol. The van der Waals surface area contributed by atoms with E-state index in [0.717, 1.165) is 11.3 Å². The number of amidine groups is 1. The van der Waals surface area contributed by atoms with Gasteiger partial charge in [0, 0.05) is 11.8 Å². The number of amides is 1. The van der Waals surface area contributed by atoms with E-state index in [1.165, 1.54) is 11.8 Å². The van der Waals surface area contributed by atoms with Gasteiger partial charge in [0.2, 0.25) is 0 Å². The Bertz CT molecular complexity index is 844. The van der Waals surface area contributed by atoms with E-state index in [9.17, 15) is 4.79 Å². The summed E-state index contributed by atoms with van der Waals surface area (Å²) >= 11 is 1.47. The summed E-state index contributed by atoms with van der Waals surface area (Å²) in [6.07, 6.45) is 3.59. The molecule has 126 valence electrons. The van der Waals surface area contributed by atoms with Crippen molar-refractivity contribution in [1.82, 2.24) is 0 Å². The molecule has 25 heavy (non-hydrogen) atoms. The molecule has 5 heteroatoms. The largest absolute Gasteiger partial charge is 0.497 e. The highest BCUT2D eigenvalue weighted by Gasteiger charge is 2.31. The molecular formula is C20H18N2O2S. The van der Waals surface area contributed by atoms with E-state index < -0.39 is 0 Å². The Morgan fingerprint density at radius 2 is 2.00 bits per heavy atom. The predicted octanol–water partition coefficient (Wildman–Crippen LogP) is 4.36. The van der Waals surface area contributed by atoms with Gasteiger partial charge in [-0.15, -0.1) is 6.58 Å². The molecule has 0 N–H and O–H groups in total. The van der Waals surface area contributed by atoms with Gasteiger partial charge in [0.05, 0.1) is 12.8 Å². The number of methoxy groups -OCH3 is 1. The number of carbonyl (C=O) groups is 1. The minimum atomic E-state index is -0.149. The molecule has 3 rings (SSSR count). The number of carbonyl (C=O) groups excluding carboxylic acids is 1. The molecule has 2 aromatic carbocycles. The van der Waals surface area contributed by atoms with Crippen molar-refractivity contribution < 1.29 is 9.53 Å². The van der Waals surface area contributed by atoms with Gasteiger partial charge in [-0.2, -0.15) is 0 Å². The third kappa shape index (κ3) is 3.83. The summed E-state index contributed by atoms with van der Waals surface area (Å²) in [5.74, 6) is 1.22. The fourth-order valence-electron chi connectivity index (χ4n) is 2.41. The first-order valence-corrected chi connectivity index (χ1v) is 8.79. The van der Waals surface area contributed by atoms with Crippen molar-refractivity contribution >= 4 is 34.6 Å². The maximum atomic E-state index is 12.9. The second kappa shape index (κ2) is 7.85. The molecule has 1 aliphatic heterocycles. The molecule has 0 saturated carbocycles. The van der Waals surface area contributed by atoms with Crippen molar-refractivity contribution in [1.29, 1.82) is 0 Å². The van der Waals surface area contributed by atoms with Crippen LogP contribution < -0.4 is 9.64 Å². The molecule has 0 fully saturated rings. The minimum Gasteiger partial charge on any atom is -0.497 e. The van der Waals surface area contributed by atoms with Gasteiger partial charge < -0.3 is 4.74 Å². The Kier molecular flexibility index (Phi) is 5.36. The van der Waals surface area contributed by atoms with Gasteiger partial charge in [-0.1, -0.05) is 54.2 Å². The van der Waals surface area contributed by atoms with Crippen LogP contribution in [0.4, 0.5) is 5.69 Å². The molecule has 0 aromatic heterocycles. The topological polar surface area (TPSA) is 41.9 Å². The molecule has 0 spiro atoms. The Balaban J connectivity index is 1.99. The molecule has 4 nitrogen and oxygen atoms in total. The summed E-state index contributed by atoms with van der Waals surface area (Å²) in [7, 11) is 1.60. The molecule has 0 bridgehead atoms. The minimum absolute atomic E-state index is 0.149. The van der Waals surface area contributed by atoms with E-state index in [1.54, 1.807) is 24.2 Å². The van der Waals surface area contributed by atoms with E-state index in [1.807, 2.05) is 54.6 Å². The molecule has 0 aliphatic carbocycles. The highest BCUT2D eigenvalue weighted by Crippen LogP contribution is 2.31. The average molecular weight is 350 g/mol. The number of hydrogen-bond acceptors (Lipinski definition) is 4. The number of hydrogen-bond donors (Lipinski definition) is 0. The number of anilines is 1. The fourth-order valence-corrected chi connectivity index (χ4v) is 3.16. The second-order valence-electron chi connectivity index (χ2n) is 5.28. The first kappa shape index (κ1) is 17.0. The molecule has 1 aliphatic rings. The third-order valence-electron chi connectivity index (χ3n) is 3.57. The van der Waals surface area contributed by atoms with Crippen LogP contribution in [0.1, 0.15) is 5.56 Å². The first-order chi connectivity index (χ1) is 12.2. The van der Waals surface area contributed by atoms with Crippen molar-refractivity contribution in [3.63, 3.8) is 0 Å². The smallest absolute Gasteiger partial charge is 0.283 e. The monoisotopic (exact) mass is 350 g/mol. The molecule has 0 saturated heterocycles. The van der Waals surface area contributed by atoms with Gasteiger partial charge >= 0.3 is 0 Å².